The fraction of sp³-hybridized carbons (Fsp3) is 0.688. The Morgan fingerprint density at radius 2 is 2.10 bits per heavy atom. The maximum atomic E-state index is 4.66. The summed E-state index contributed by atoms with van der Waals surface area (Å²) in [5.41, 5.74) is 1.30. The molecule has 2 heterocycles. The molecule has 4 heteroatoms. The molecule has 2 rings (SSSR count). The first-order chi connectivity index (χ1) is 9.61. The molecular formula is C16H26BrN3. The van der Waals surface area contributed by atoms with Crippen LogP contribution in [0, 0.1) is 11.8 Å². The van der Waals surface area contributed by atoms with Crippen molar-refractivity contribution in [3.63, 3.8) is 0 Å². The van der Waals surface area contributed by atoms with E-state index in [1.807, 2.05) is 6.20 Å². The number of pyridine rings is 1. The molecule has 0 saturated carbocycles. The molecule has 3 nitrogen and oxygen atoms in total. The highest BCUT2D eigenvalue weighted by Crippen LogP contribution is 2.29. The lowest BCUT2D eigenvalue weighted by Crippen LogP contribution is -2.36. The third-order valence-electron chi connectivity index (χ3n) is 4.26. The maximum Gasteiger partial charge on any atom is 0.133 e. The molecule has 1 aliphatic heterocycles. The Morgan fingerprint density at radius 3 is 2.70 bits per heavy atom. The van der Waals surface area contributed by atoms with E-state index in [0.29, 0.717) is 0 Å². The zero-order valence-electron chi connectivity index (χ0n) is 12.8. The van der Waals surface area contributed by atoms with Crippen molar-refractivity contribution in [3.8, 4) is 0 Å². The fourth-order valence-corrected chi connectivity index (χ4v) is 3.31. The number of hydrogen-bond donors (Lipinski definition) is 1. The van der Waals surface area contributed by atoms with Crippen LogP contribution in [0.2, 0.25) is 0 Å². The van der Waals surface area contributed by atoms with E-state index < -0.39 is 0 Å². The summed E-state index contributed by atoms with van der Waals surface area (Å²) in [6.45, 7) is 11.0. The first-order valence-corrected chi connectivity index (χ1v) is 8.51. The highest BCUT2D eigenvalue weighted by molar-refractivity contribution is 9.10. The molecule has 1 fully saturated rings. The van der Waals surface area contributed by atoms with Crippen LogP contribution in [0.3, 0.4) is 0 Å². The van der Waals surface area contributed by atoms with Crippen molar-refractivity contribution in [2.75, 3.05) is 24.5 Å². The largest absolute Gasteiger partial charge is 0.356 e. The zero-order valence-corrected chi connectivity index (χ0v) is 14.4. The van der Waals surface area contributed by atoms with Crippen molar-refractivity contribution in [2.24, 2.45) is 11.8 Å². The molecule has 0 radical (unpaired) electrons. The van der Waals surface area contributed by atoms with Gasteiger partial charge in [0, 0.05) is 35.9 Å². The van der Waals surface area contributed by atoms with Crippen LogP contribution in [-0.2, 0) is 6.54 Å². The maximum absolute atomic E-state index is 4.66. The van der Waals surface area contributed by atoms with Crippen LogP contribution < -0.4 is 10.2 Å². The third kappa shape index (κ3) is 3.95. The molecule has 0 atom stereocenters. The van der Waals surface area contributed by atoms with Gasteiger partial charge in [-0.2, -0.15) is 0 Å². The molecular weight excluding hydrogens is 314 g/mol. The van der Waals surface area contributed by atoms with Gasteiger partial charge in [0.05, 0.1) is 0 Å². The summed E-state index contributed by atoms with van der Waals surface area (Å²) >= 11 is 3.53. The Kier molecular flexibility index (Phi) is 5.85. The minimum atomic E-state index is 0.802. The van der Waals surface area contributed by atoms with Gasteiger partial charge in [0.2, 0.25) is 0 Å². The van der Waals surface area contributed by atoms with Crippen molar-refractivity contribution in [1.82, 2.24) is 10.3 Å². The van der Waals surface area contributed by atoms with Crippen molar-refractivity contribution in [3.05, 3.63) is 22.3 Å². The number of rotatable bonds is 5. The summed E-state index contributed by atoms with van der Waals surface area (Å²) < 4.78 is 1.06. The molecule has 1 N–H and O–H groups in total. The number of anilines is 1. The van der Waals surface area contributed by atoms with E-state index in [-0.39, 0.29) is 0 Å². The predicted octanol–water partition coefficient (Wildman–Crippen LogP) is 3.83. The zero-order chi connectivity index (χ0) is 14.5. The van der Waals surface area contributed by atoms with Gasteiger partial charge in [-0.25, -0.2) is 4.98 Å². The predicted molar refractivity (Wildman–Crippen MR) is 89.1 cm³/mol. The van der Waals surface area contributed by atoms with Crippen LogP contribution >= 0.6 is 15.9 Å². The number of aromatic nitrogens is 1. The monoisotopic (exact) mass is 339 g/mol. The summed E-state index contributed by atoms with van der Waals surface area (Å²) in [7, 11) is 0. The number of nitrogens with zero attached hydrogens (tertiary/aromatic N) is 2. The van der Waals surface area contributed by atoms with E-state index in [1.54, 1.807) is 0 Å². The second-order valence-corrected chi connectivity index (χ2v) is 6.90. The minimum Gasteiger partial charge on any atom is -0.356 e. The van der Waals surface area contributed by atoms with Gasteiger partial charge in [0.1, 0.15) is 5.82 Å². The van der Waals surface area contributed by atoms with Gasteiger partial charge in [-0.05, 0) is 53.2 Å². The van der Waals surface area contributed by atoms with E-state index >= 15 is 0 Å². The number of piperidine rings is 1. The molecule has 0 bridgehead atoms. The number of halogens is 1. The summed E-state index contributed by atoms with van der Waals surface area (Å²) in [6, 6.07) is 2.19. The molecule has 0 aromatic carbocycles. The Bertz CT molecular complexity index is 426. The summed E-state index contributed by atoms with van der Waals surface area (Å²) in [5.74, 6) is 2.84. The average Bonchev–Trinajstić information content (AvgIpc) is 2.45. The standard InChI is InChI=1S/C16H26BrN3/c1-4-18-10-14-9-15(17)11-19-16(14)20-7-5-13(6-8-20)12(2)3/h9,11-13,18H,4-8,10H2,1-3H3. The lowest BCUT2D eigenvalue weighted by Gasteiger charge is -2.35. The van der Waals surface area contributed by atoms with Crippen molar-refractivity contribution in [2.45, 2.75) is 40.2 Å². The molecule has 1 aromatic rings. The van der Waals surface area contributed by atoms with E-state index in [4.69, 9.17) is 0 Å². The average molecular weight is 340 g/mol. The van der Waals surface area contributed by atoms with Crippen LogP contribution in [-0.4, -0.2) is 24.6 Å². The highest BCUT2D eigenvalue weighted by Gasteiger charge is 2.23. The topological polar surface area (TPSA) is 28.2 Å². The molecule has 0 aliphatic carbocycles. The van der Waals surface area contributed by atoms with Gasteiger partial charge < -0.3 is 10.2 Å². The lowest BCUT2D eigenvalue weighted by molar-refractivity contribution is 0.310. The van der Waals surface area contributed by atoms with Gasteiger partial charge in [-0.15, -0.1) is 0 Å². The molecule has 0 spiro atoms. The highest BCUT2D eigenvalue weighted by atomic mass is 79.9. The fourth-order valence-electron chi connectivity index (χ4n) is 2.93. The summed E-state index contributed by atoms with van der Waals surface area (Å²) in [6.07, 6.45) is 4.49. The van der Waals surface area contributed by atoms with Crippen LogP contribution in [0.5, 0.6) is 0 Å². The Hall–Kier alpha value is -0.610. The Morgan fingerprint density at radius 1 is 1.40 bits per heavy atom. The smallest absolute Gasteiger partial charge is 0.133 e. The molecule has 1 aromatic heterocycles. The van der Waals surface area contributed by atoms with Crippen molar-refractivity contribution >= 4 is 21.7 Å². The quantitative estimate of drug-likeness (QED) is 0.883. The lowest BCUT2D eigenvalue weighted by atomic mass is 9.86. The molecule has 20 heavy (non-hydrogen) atoms. The number of nitrogens with one attached hydrogen (secondary N) is 1. The van der Waals surface area contributed by atoms with Gasteiger partial charge in [-0.3, -0.25) is 0 Å². The molecule has 1 saturated heterocycles. The summed E-state index contributed by atoms with van der Waals surface area (Å²) in [5, 5.41) is 3.41. The Labute approximate surface area is 131 Å². The first-order valence-electron chi connectivity index (χ1n) is 7.72. The van der Waals surface area contributed by atoms with Gasteiger partial charge in [-0.1, -0.05) is 20.8 Å². The van der Waals surface area contributed by atoms with Gasteiger partial charge >= 0.3 is 0 Å². The second-order valence-electron chi connectivity index (χ2n) is 5.99. The van der Waals surface area contributed by atoms with Crippen LogP contribution in [0.1, 0.15) is 39.2 Å². The Balaban J connectivity index is 2.08. The van der Waals surface area contributed by atoms with Gasteiger partial charge in [0.25, 0.3) is 0 Å². The van der Waals surface area contributed by atoms with E-state index in [2.05, 4.69) is 58.0 Å². The molecule has 1 aliphatic rings. The summed E-state index contributed by atoms with van der Waals surface area (Å²) in [4.78, 5) is 7.12. The SMILES string of the molecule is CCNCc1cc(Br)cnc1N1CCC(C(C)C)CC1. The normalized spacial score (nSPS) is 16.9. The van der Waals surface area contributed by atoms with E-state index in [1.165, 1.54) is 18.4 Å². The van der Waals surface area contributed by atoms with Crippen LogP contribution in [0.25, 0.3) is 0 Å². The van der Waals surface area contributed by atoms with E-state index in [0.717, 1.165) is 48.3 Å². The molecule has 0 amide bonds. The van der Waals surface area contributed by atoms with Crippen LogP contribution in [0.15, 0.2) is 16.7 Å². The van der Waals surface area contributed by atoms with Crippen molar-refractivity contribution in [1.29, 1.82) is 0 Å². The van der Waals surface area contributed by atoms with Crippen LogP contribution in [0.4, 0.5) is 5.82 Å². The second kappa shape index (κ2) is 7.41. The number of hydrogen-bond acceptors (Lipinski definition) is 3. The van der Waals surface area contributed by atoms with E-state index in [9.17, 15) is 0 Å². The van der Waals surface area contributed by atoms with Crippen molar-refractivity contribution < 1.29 is 0 Å². The molecule has 112 valence electrons. The third-order valence-corrected chi connectivity index (χ3v) is 4.69. The first kappa shape index (κ1) is 15.8. The molecule has 0 unspecified atom stereocenters. The minimum absolute atomic E-state index is 0.802. The van der Waals surface area contributed by atoms with Gasteiger partial charge in [0.15, 0.2) is 0 Å².